The number of fused-ring (bicyclic) bond motifs is 3. The fourth-order valence-corrected chi connectivity index (χ4v) is 3.45. The molecule has 0 bridgehead atoms. The number of hydrogen-bond acceptors (Lipinski definition) is 2. The quantitative estimate of drug-likeness (QED) is 0.454. The molecule has 0 N–H and O–H groups in total. The number of hydrogen-bond donors (Lipinski definition) is 0. The van der Waals surface area contributed by atoms with Gasteiger partial charge in [0.05, 0.1) is 0 Å². The standard InChI is InChI=1S/C23H20N2O/c1-3-25-22-8-6-18(5-4-17-10-12-24-13-11-17)14-20(22)21-15-19(16(2)26)7-9-23(21)25/h4-15H,3H2,1-2H3/b5-4+. The normalized spacial score (nSPS) is 11.6. The Balaban J connectivity index is 1.88. The van der Waals surface area contributed by atoms with Crippen molar-refractivity contribution in [2.75, 3.05) is 0 Å². The highest BCUT2D eigenvalue weighted by Crippen LogP contribution is 2.31. The van der Waals surface area contributed by atoms with Gasteiger partial charge in [0.25, 0.3) is 0 Å². The summed E-state index contributed by atoms with van der Waals surface area (Å²) in [5.74, 6) is 0.0954. The number of carbonyl (C=O) groups excluding carboxylic acids is 1. The average molecular weight is 340 g/mol. The van der Waals surface area contributed by atoms with E-state index < -0.39 is 0 Å². The zero-order chi connectivity index (χ0) is 18.1. The monoisotopic (exact) mass is 340 g/mol. The van der Waals surface area contributed by atoms with E-state index in [1.807, 2.05) is 24.3 Å². The highest BCUT2D eigenvalue weighted by molar-refractivity contribution is 6.11. The first kappa shape index (κ1) is 16.3. The topological polar surface area (TPSA) is 34.9 Å². The van der Waals surface area contributed by atoms with Crippen molar-refractivity contribution >= 4 is 39.7 Å². The van der Waals surface area contributed by atoms with Crippen molar-refractivity contribution in [1.82, 2.24) is 9.55 Å². The van der Waals surface area contributed by atoms with Crippen LogP contribution in [0.15, 0.2) is 60.9 Å². The molecule has 0 aliphatic heterocycles. The summed E-state index contributed by atoms with van der Waals surface area (Å²) in [4.78, 5) is 15.9. The number of rotatable bonds is 4. The maximum atomic E-state index is 11.8. The van der Waals surface area contributed by atoms with E-state index in [9.17, 15) is 4.79 Å². The van der Waals surface area contributed by atoms with Gasteiger partial charge in [0.15, 0.2) is 5.78 Å². The van der Waals surface area contributed by atoms with Crippen LogP contribution in [0.25, 0.3) is 34.0 Å². The predicted octanol–water partition coefficient (Wildman–Crippen LogP) is 5.58. The van der Waals surface area contributed by atoms with E-state index in [0.717, 1.165) is 28.6 Å². The van der Waals surface area contributed by atoms with E-state index in [1.54, 1.807) is 19.3 Å². The molecule has 0 amide bonds. The SMILES string of the molecule is CCn1c2ccc(/C=C/c3ccncc3)cc2c2cc(C(C)=O)ccc21. The minimum absolute atomic E-state index is 0.0954. The maximum absolute atomic E-state index is 11.8. The smallest absolute Gasteiger partial charge is 0.159 e. The second-order valence-electron chi connectivity index (χ2n) is 6.42. The summed E-state index contributed by atoms with van der Waals surface area (Å²) in [7, 11) is 0. The fourth-order valence-electron chi connectivity index (χ4n) is 3.45. The summed E-state index contributed by atoms with van der Waals surface area (Å²) < 4.78 is 2.30. The van der Waals surface area contributed by atoms with Gasteiger partial charge in [-0.05, 0) is 67.4 Å². The van der Waals surface area contributed by atoms with Crippen LogP contribution in [0.5, 0.6) is 0 Å². The molecule has 26 heavy (non-hydrogen) atoms. The van der Waals surface area contributed by atoms with Crippen LogP contribution in [0.4, 0.5) is 0 Å². The third kappa shape index (κ3) is 2.82. The van der Waals surface area contributed by atoms with E-state index >= 15 is 0 Å². The molecule has 0 fully saturated rings. The Hall–Kier alpha value is -3.20. The number of nitrogens with zero attached hydrogens (tertiary/aromatic N) is 2. The molecule has 3 nitrogen and oxygen atoms in total. The Morgan fingerprint density at radius 1 is 0.923 bits per heavy atom. The van der Waals surface area contributed by atoms with Gasteiger partial charge in [-0.1, -0.05) is 18.2 Å². The predicted molar refractivity (Wildman–Crippen MR) is 108 cm³/mol. The largest absolute Gasteiger partial charge is 0.341 e. The van der Waals surface area contributed by atoms with Gasteiger partial charge in [0.2, 0.25) is 0 Å². The van der Waals surface area contributed by atoms with Crippen molar-refractivity contribution in [3.05, 3.63) is 77.6 Å². The van der Waals surface area contributed by atoms with Gasteiger partial charge in [-0.15, -0.1) is 0 Å². The van der Waals surface area contributed by atoms with Crippen LogP contribution in [0.3, 0.4) is 0 Å². The van der Waals surface area contributed by atoms with Crippen molar-refractivity contribution in [2.45, 2.75) is 20.4 Å². The lowest BCUT2D eigenvalue weighted by Crippen LogP contribution is -1.94. The third-order valence-corrected chi connectivity index (χ3v) is 4.79. The molecule has 4 rings (SSSR count). The molecule has 2 aromatic carbocycles. The van der Waals surface area contributed by atoms with Crippen LogP contribution in [-0.2, 0) is 6.54 Å². The van der Waals surface area contributed by atoms with Crippen LogP contribution in [0.1, 0.15) is 35.3 Å². The van der Waals surface area contributed by atoms with Crippen LogP contribution >= 0.6 is 0 Å². The first-order valence-electron chi connectivity index (χ1n) is 8.82. The molecule has 3 heteroatoms. The number of ketones is 1. The van der Waals surface area contributed by atoms with E-state index in [4.69, 9.17) is 0 Å². The van der Waals surface area contributed by atoms with Gasteiger partial charge in [-0.3, -0.25) is 9.78 Å². The highest BCUT2D eigenvalue weighted by Gasteiger charge is 2.11. The Kier molecular flexibility index (Phi) is 4.13. The molecule has 128 valence electrons. The summed E-state index contributed by atoms with van der Waals surface area (Å²) >= 11 is 0. The molecule has 4 aromatic rings. The van der Waals surface area contributed by atoms with E-state index in [1.165, 1.54) is 16.4 Å². The number of Topliss-reactive ketones (excluding diaryl/α,β-unsaturated/α-hetero) is 1. The molecule has 0 spiro atoms. The highest BCUT2D eigenvalue weighted by atomic mass is 16.1. The van der Waals surface area contributed by atoms with E-state index in [0.29, 0.717) is 0 Å². The van der Waals surface area contributed by atoms with Crippen LogP contribution in [0.2, 0.25) is 0 Å². The van der Waals surface area contributed by atoms with Crippen molar-refractivity contribution in [2.24, 2.45) is 0 Å². The van der Waals surface area contributed by atoms with Crippen LogP contribution < -0.4 is 0 Å². The van der Waals surface area contributed by atoms with Gasteiger partial charge in [0.1, 0.15) is 0 Å². The molecule has 0 saturated carbocycles. The minimum atomic E-state index is 0.0954. The minimum Gasteiger partial charge on any atom is -0.341 e. The summed E-state index contributed by atoms with van der Waals surface area (Å²) in [5.41, 5.74) is 5.38. The van der Waals surface area contributed by atoms with Crippen molar-refractivity contribution in [3.8, 4) is 0 Å². The lowest BCUT2D eigenvalue weighted by atomic mass is 10.0. The third-order valence-electron chi connectivity index (χ3n) is 4.79. The van der Waals surface area contributed by atoms with Gasteiger partial charge < -0.3 is 4.57 Å². The Bertz CT molecular complexity index is 1140. The Morgan fingerprint density at radius 3 is 2.27 bits per heavy atom. The first-order chi connectivity index (χ1) is 12.7. The Labute approximate surface area is 152 Å². The van der Waals surface area contributed by atoms with Gasteiger partial charge in [-0.25, -0.2) is 0 Å². The summed E-state index contributed by atoms with van der Waals surface area (Å²) in [6.07, 6.45) is 7.78. The van der Waals surface area contributed by atoms with Crippen LogP contribution in [-0.4, -0.2) is 15.3 Å². The number of carbonyl (C=O) groups is 1. The molecule has 0 unspecified atom stereocenters. The van der Waals surface area contributed by atoms with Crippen molar-refractivity contribution in [3.63, 3.8) is 0 Å². The first-order valence-corrected chi connectivity index (χ1v) is 8.82. The number of aromatic nitrogens is 2. The average Bonchev–Trinajstić information content (AvgIpc) is 2.99. The van der Waals surface area contributed by atoms with E-state index in [2.05, 4.69) is 52.9 Å². The molecule has 2 heterocycles. The maximum Gasteiger partial charge on any atom is 0.159 e. The lowest BCUT2D eigenvalue weighted by Gasteiger charge is -2.03. The summed E-state index contributed by atoms with van der Waals surface area (Å²) in [6, 6.07) is 16.5. The molecule has 0 aliphatic rings. The molecular weight excluding hydrogens is 320 g/mol. The summed E-state index contributed by atoms with van der Waals surface area (Å²) in [6.45, 7) is 4.66. The lowest BCUT2D eigenvalue weighted by molar-refractivity contribution is 0.101. The van der Waals surface area contributed by atoms with Gasteiger partial charge in [0, 0.05) is 46.3 Å². The second-order valence-corrected chi connectivity index (χ2v) is 6.42. The van der Waals surface area contributed by atoms with Crippen LogP contribution in [0, 0.1) is 0 Å². The molecule has 0 saturated heterocycles. The zero-order valence-corrected chi connectivity index (χ0v) is 14.9. The molecule has 0 radical (unpaired) electrons. The molecule has 0 atom stereocenters. The second kappa shape index (κ2) is 6.60. The molecular formula is C23H20N2O. The van der Waals surface area contributed by atoms with Crippen molar-refractivity contribution < 1.29 is 4.79 Å². The number of aryl methyl sites for hydroxylation is 1. The van der Waals surface area contributed by atoms with E-state index in [-0.39, 0.29) is 5.78 Å². The van der Waals surface area contributed by atoms with Gasteiger partial charge in [-0.2, -0.15) is 0 Å². The zero-order valence-electron chi connectivity index (χ0n) is 14.9. The number of pyridine rings is 1. The summed E-state index contributed by atoms with van der Waals surface area (Å²) in [5, 5.41) is 2.32. The van der Waals surface area contributed by atoms with Crippen molar-refractivity contribution in [1.29, 1.82) is 0 Å². The fraction of sp³-hybridized carbons (Fsp3) is 0.130. The molecule has 2 aromatic heterocycles. The molecule has 0 aliphatic carbocycles. The Morgan fingerprint density at radius 2 is 1.58 bits per heavy atom. The number of benzene rings is 2. The van der Waals surface area contributed by atoms with Gasteiger partial charge >= 0.3 is 0 Å².